The average molecular weight is 1090 g/mol. The van der Waals surface area contributed by atoms with Crippen LogP contribution in [-0.4, -0.2) is 74.9 Å². The molecule has 0 saturated heterocycles. The standard InChI is InChI=1S/C66H124NO8P/c1-6-8-10-12-14-16-18-20-22-23-24-25-26-27-28-29-30-31-32-33-34-35-36-37-38-39-40-41-42-43-45-47-49-51-53-55-57-59-66(69)75-64(63-74-76(70,71)73-61-60-67(3,4)5)62-72-65(68)58-56-54-52-50-48-46-44-21-19-17-15-13-11-9-7-2/h15,17-18,20-21,23-24,44,64H,6-14,16,19,22,25-43,45-63H2,1-5H3/p+1/b17-15-,20-18-,24-23-,44-21-. The number of hydrogen-bond acceptors (Lipinski definition) is 7. The molecule has 2 unspecified atom stereocenters. The second kappa shape index (κ2) is 57.6. The Hall–Kier alpha value is -2.03. The molecule has 2 atom stereocenters. The predicted octanol–water partition coefficient (Wildman–Crippen LogP) is 20.5. The lowest BCUT2D eigenvalue weighted by molar-refractivity contribution is -0.870. The van der Waals surface area contributed by atoms with Gasteiger partial charge in [-0.25, -0.2) is 4.57 Å². The molecule has 0 spiro atoms. The molecular weight excluding hydrogens is 966 g/mol. The number of hydrogen-bond donors (Lipinski definition) is 1. The second-order valence-corrected chi connectivity index (χ2v) is 24.6. The summed E-state index contributed by atoms with van der Waals surface area (Å²) in [5.74, 6) is -0.801. The van der Waals surface area contributed by atoms with Crippen molar-refractivity contribution in [3.05, 3.63) is 48.6 Å². The van der Waals surface area contributed by atoms with Crippen molar-refractivity contribution in [1.29, 1.82) is 0 Å². The number of carbonyl (C=O) groups is 2. The molecule has 0 saturated carbocycles. The fraction of sp³-hybridized carbons (Fsp3) is 0.848. The third-order valence-corrected chi connectivity index (χ3v) is 15.3. The van der Waals surface area contributed by atoms with Crippen LogP contribution < -0.4 is 0 Å². The molecular formula is C66H125NO8P+. The zero-order valence-electron chi connectivity index (χ0n) is 50.8. The van der Waals surface area contributed by atoms with Crippen LogP contribution in [0.2, 0.25) is 0 Å². The number of phosphoric ester groups is 1. The lowest BCUT2D eigenvalue weighted by atomic mass is 10.0. The van der Waals surface area contributed by atoms with Crippen LogP contribution in [-0.2, 0) is 32.7 Å². The van der Waals surface area contributed by atoms with Crippen molar-refractivity contribution in [1.82, 2.24) is 0 Å². The minimum atomic E-state index is -4.39. The van der Waals surface area contributed by atoms with Crippen LogP contribution in [0.3, 0.4) is 0 Å². The van der Waals surface area contributed by atoms with Gasteiger partial charge in [-0.05, 0) is 77.0 Å². The molecule has 0 aliphatic heterocycles. The van der Waals surface area contributed by atoms with E-state index in [1.54, 1.807) is 0 Å². The maximum atomic E-state index is 12.8. The molecule has 0 heterocycles. The lowest BCUT2D eigenvalue weighted by Crippen LogP contribution is -2.37. The molecule has 0 aliphatic carbocycles. The van der Waals surface area contributed by atoms with Crippen LogP contribution in [0.4, 0.5) is 0 Å². The maximum absolute atomic E-state index is 12.8. The third kappa shape index (κ3) is 61.2. The van der Waals surface area contributed by atoms with E-state index in [9.17, 15) is 19.0 Å². The summed E-state index contributed by atoms with van der Waals surface area (Å²) in [6.45, 7) is 4.41. The van der Waals surface area contributed by atoms with Gasteiger partial charge in [-0.3, -0.25) is 18.6 Å². The van der Waals surface area contributed by atoms with E-state index in [4.69, 9.17) is 18.5 Å². The second-order valence-electron chi connectivity index (χ2n) is 23.1. The van der Waals surface area contributed by atoms with Crippen molar-refractivity contribution in [2.45, 2.75) is 315 Å². The lowest BCUT2D eigenvalue weighted by Gasteiger charge is -2.24. The number of nitrogens with zero attached hydrogens (tertiary/aromatic N) is 1. The van der Waals surface area contributed by atoms with Crippen LogP contribution in [0.5, 0.6) is 0 Å². The summed E-state index contributed by atoms with van der Waals surface area (Å²) in [5.41, 5.74) is 0. The number of allylic oxidation sites excluding steroid dienone is 8. The largest absolute Gasteiger partial charge is 0.472 e. The molecule has 76 heavy (non-hydrogen) atoms. The molecule has 0 rings (SSSR count). The van der Waals surface area contributed by atoms with Gasteiger partial charge in [0.25, 0.3) is 0 Å². The smallest absolute Gasteiger partial charge is 0.462 e. The summed E-state index contributed by atoms with van der Waals surface area (Å²) < 4.78 is 34.6. The van der Waals surface area contributed by atoms with E-state index in [-0.39, 0.29) is 32.0 Å². The number of phosphoric acid groups is 1. The van der Waals surface area contributed by atoms with Gasteiger partial charge in [0.1, 0.15) is 19.8 Å². The molecule has 0 aromatic rings. The van der Waals surface area contributed by atoms with Crippen molar-refractivity contribution >= 4 is 19.8 Å². The average Bonchev–Trinajstić information content (AvgIpc) is 3.38. The van der Waals surface area contributed by atoms with Gasteiger partial charge in [0.05, 0.1) is 27.7 Å². The van der Waals surface area contributed by atoms with Gasteiger partial charge in [0.15, 0.2) is 6.10 Å². The summed E-state index contributed by atoms with van der Waals surface area (Å²) in [6.07, 6.45) is 73.6. The van der Waals surface area contributed by atoms with E-state index in [1.807, 2.05) is 21.1 Å². The number of rotatable bonds is 60. The van der Waals surface area contributed by atoms with Crippen LogP contribution >= 0.6 is 7.82 Å². The van der Waals surface area contributed by atoms with Gasteiger partial charge in [-0.15, -0.1) is 0 Å². The topological polar surface area (TPSA) is 108 Å². The molecule has 0 fully saturated rings. The number of quaternary nitrogens is 1. The summed E-state index contributed by atoms with van der Waals surface area (Å²) in [4.78, 5) is 35.7. The molecule has 0 aromatic heterocycles. The first-order valence-electron chi connectivity index (χ1n) is 32.4. The highest BCUT2D eigenvalue weighted by molar-refractivity contribution is 7.47. The van der Waals surface area contributed by atoms with Crippen LogP contribution in [0.15, 0.2) is 48.6 Å². The Morgan fingerprint density at radius 1 is 0.408 bits per heavy atom. The van der Waals surface area contributed by atoms with E-state index in [1.165, 1.54) is 212 Å². The highest BCUT2D eigenvalue weighted by Crippen LogP contribution is 2.43. The van der Waals surface area contributed by atoms with Gasteiger partial charge in [-0.1, -0.05) is 268 Å². The van der Waals surface area contributed by atoms with Gasteiger partial charge in [0.2, 0.25) is 0 Å². The summed E-state index contributed by atoms with van der Waals surface area (Å²) >= 11 is 0. The van der Waals surface area contributed by atoms with E-state index in [0.29, 0.717) is 17.4 Å². The van der Waals surface area contributed by atoms with Crippen molar-refractivity contribution in [3.8, 4) is 0 Å². The Morgan fingerprint density at radius 3 is 1.07 bits per heavy atom. The van der Waals surface area contributed by atoms with Gasteiger partial charge in [-0.2, -0.15) is 0 Å². The molecule has 10 heteroatoms. The number of unbranched alkanes of at least 4 members (excludes halogenated alkanes) is 38. The number of esters is 2. The summed E-state index contributed by atoms with van der Waals surface area (Å²) in [6, 6.07) is 0. The highest BCUT2D eigenvalue weighted by atomic mass is 31.2. The Kier molecular flexibility index (Phi) is 56.1. The molecule has 446 valence electrons. The van der Waals surface area contributed by atoms with Gasteiger partial charge >= 0.3 is 19.8 Å². The van der Waals surface area contributed by atoms with E-state index in [0.717, 1.165) is 64.2 Å². The Morgan fingerprint density at radius 2 is 0.711 bits per heavy atom. The highest BCUT2D eigenvalue weighted by Gasteiger charge is 2.27. The molecule has 0 amide bonds. The van der Waals surface area contributed by atoms with Crippen molar-refractivity contribution in [3.63, 3.8) is 0 Å². The van der Waals surface area contributed by atoms with Gasteiger partial charge in [0, 0.05) is 12.8 Å². The predicted molar refractivity (Wildman–Crippen MR) is 326 cm³/mol. The van der Waals surface area contributed by atoms with Crippen LogP contribution in [0.1, 0.15) is 309 Å². The Bertz CT molecular complexity index is 1420. The van der Waals surface area contributed by atoms with E-state index < -0.39 is 26.5 Å². The van der Waals surface area contributed by atoms with Crippen molar-refractivity contribution < 1.29 is 42.1 Å². The minimum absolute atomic E-state index is 0.0304. The van der Waals surface area contributed by atoms with E-state index >= 15 is 0 Å². The number of carbonyl (C=O) groups excluding carboxylic acids is 2. The molecule has 0 bridgehead atoms. The Balaban J connectivity index is 3.93. The van der Waals surface area contributed by atoms with E-state index in [2.05, 4.69) is 62.5 Å². The fourth-order valence-electron chi connectivity index (χ4n) is 9.31. The first-order valence-corrected chi connectivity index (χ1v) is 33.9. The normalized spacial score (nSPS) is 13.5. The van der Waals surface area contributed by atoms with Crippen LogP contribution in [0, 0.1) is 0 Å². The zero-order valence-corrected chi connectivity index (χ0v) is 51.6. The molecule has 0 aromatic carbocycles. The first-order chi connectivity index (χ1) is 37.0. The summed E-state index contributed by atoms with van der Waals surface area (Å²) in [7, 11) is 1.48. The molecule has 9 nitrogen and oxygen atoms in total. The molecule has 1 N–H and O–H groups in total. The van der Waals surface area contributed by atoms with Gasteiger partial charge < -0.3 is 18.9 Å². The summed E-state index contributed by atoms with van der Waals surface area (Å²) in [5, 5.41) is 0. The molecule has 0 radical (unpaired) electrons. The minimum Gasteiger partial charge on any atom is -0.462 e. The van der Waals surface area contributed by atoms with Crippen molar-refractivity contribution in [2.75, 3.05) is 47.5 Å². The first kappa shape index (κ1) is 74.0. The SMILES string of the molecule is CCCCC/C=C\C/C=C\CCCCCCCC(=O)OCC(COP(=O)(O)OCC[N+](C)(C)C)OC(=O)CCCCCCCCCCCCCCCCCCCCCCCCCCC/C=C\C/C=C\CCCCCCC. The number of likely N-dealkylation sites (N-methyl/N-ethyl adjacent to an activating group) is 1. The molecule has 0 aliphatic rings. The van der Waals surface area contributed by atoms with Crippen LogP contribution in [0.25, 0.3) is 0 Å². The monoisotopic (exact) mass is 1090 g/mol. The Labute approximate surface area is 471 Å². The third-order valence-electron chi connectivity index (χ3n) is 14.3. The zero-order chi connectivity index (χ0) is 55.6. The maximum Gasteiger partial charge on any atom is 0.472 e. The van der Waals surface area contributed by atoms with Crippen molar-refractivity contribution in [2.24, 2.45) is 0 Å². The number of ether oxygens (including phenoxy) is 2. The quantitative estimate of drug-likeness (QED) is 0.0211. The fourth-order valence-corrected chi connectivity index (χ4v) is 10.1.